The van der Waals surface area contributed by atoms with E-state index in [4.69, 9.17) is 0 Å². The number of hydrogen-bond donors (Lipinski definition) is 1. The van der Waals surface area contributed by atoms with Gasteiger partial charge < -0.3 is 5.21 Å². The first-order chi connectivity index (χ1) is 3.77. The molecule has 8 heavy (non-hydrogen) atoms. The molecule has 1 heterocycles. The highest BCUT2D eigenvalue weighted by Crippen LogP contribution is 2.05. The van der Waals surface area contributed by atoms with E-state index in [-0.39, 0.29) is 13.2 Å². The van der Waals surface area contributed by atoms with Gasteiger partial charge in [-0.05, 0) is 0 Å². The van der Waals surface area contributed by atoms with Gasteiger partial charge in [0.05, 0.1) is 6.54 Å². The van der Waals surface area contributed by atoms with Gasteiger partial charge in [-0.3, -0.25) is 5.32 Å². The molecule has 46 valence electrons. The molecule has 1 aliphatic rings. The van der Waals surface area contributed by atoms with Crippen molar-refractivity contribution in [3.8, 4) is 0 Å². The molecule has 5 heteroatoms. The molecule has 1 unspecified atom stereocenters. The van der Waals surface area contributed by atoms with Crippen molar-refractivity contribution < 1.29 is 4.76 Å². The van der Waals surface area contributed by atoms with Gasteiger partial charge in [0, 0.05) is 0 Å². The van der Waals surface area contributed by atoms with Gasteiger partial charge in [0.2, 0.25) is 0 Å². The predicted molar refractivity (Wildman–Crippen MR) is 27.2 cm³/mol. The number of hydrogen-bond acceptors (Lipinski definition) is 4. The third kappa shape index (κ3) is 0.835. The van der Waals surface area contributed by atoms with E-state index < -0.39 is 4.76 Å². The topological polar surface area (TPSA) is 64.5 Å². The van der Waals surface area contributed by atoms with E-state index in [1.165, 1.54) is 0 Å². The van der Waals surface area contributed by atoms with Crippen LogP contribution in [0, 0.1) is 10.1 Å². The Morgan fingerprint density at radius 1 is 1.75 bits per heavy atom. The first-order valence-corrected chi connectivity index (χ1v) is 2.40. The average Bonchev–Trinajstić information content (AvgIpc) is 2.17. The summed E-state index contributed by atoms with van der Waals surface area (Å²) in [4.78, 5) is 9.70. The monoisotopic (exact) mass is 117 g/mol. The van der Waals surface area contributed by atoms with Crippen molar-refractivity contribution in [3.05, 3.63) is 10.1 Å². The molecule has 0 aromatic heterocycles. The second-order valence-electron chi connectivity index (χ2n) is 1.81. The lowest BCUT2D eigenvalue weighted by Crippen LogP contribution is -2.33. The minimum absolute atomic E-state index is 0.128. The lowest BCUT2D eigenvalue weighted by Gasteiger charge is -2.23. The van der Waals surface area contributed by atoms with Crippen LogP contribution in [0.2, 0.25) is 0 Å². The van der Waals surface area contributed by atoms with Crippen LogP contribution in [0.5, 0.6) is 0 Å². The second-order valence-corrected chi connectivity index (χ2v) is 1.81. The molecular formula is C3H7N3O2. The summed E-state index contributed by atoms with van der Waals surface area (Å²) in [5, 5.41) is 15.8. The SMILES string of the molecule is O=N[N+]1([O-])CCNC1. The summed E-state index contributed by atoms with van der Waals surface area (Å²) in [6.07, 6.45) is 0. The van der Waals surface area contributed by atoms with Crippen molar-refractivity contribution in [2.45, 2.75) is 0 Å². The normalized spacial score (nSPS) is 37.6. The Morgan fingerprint density at radius 2 is 2.50 bits per heavy atom. The fourth-order valence-corrected chi connectivity index (χ4v) is 0.656. The molecule has 0 spiro atoms. The Hall–Kier alpha value is -0.520. The molecule has 1 saturated heterocycles. The van der Waals surface area contributed by atoms with Crippen LogP contribution >= 0.6 is 0 Å². The summed E-state index contributed by atoms with van der Waals surface area (Å²) >= 11 is 0. The predicted octanol–water partition coefficient (Wildman–Crippen LogP) is -0.457. The van der Waals surface area contributed by atoms with Crippen molar-refractivity contribution in [1.82, 2.24) is 5.32 Å². The van der Waals surface area contributed by atoms with Crippen molar-refractivity contribution in [1.29, 1.82) is 0 Å². The molecule has 0 amide bonds. The smallest absolute Gasteiger partial charge is 0.159 e. The summed E-state index contributed by atoms with van der Waals surface area (Å²) in [5.74, 6) is 0. The number of nitrogens with one attached hydrogen (secondary N) is 1. The maximum absolute atomic E-state index is 10.7. The molecule has 1 fully saturated rings. The molecule has 0 aromatic rings. The molecule has 1 N–H and O–H groups in total. The van der Waals surface area contributed by atoms with Gasteiger partial charge in [-0.15, -0.1) is 0 Å². The quantitative estimate of drug-likeness (QED) is 0.287. The van der Waals surface area contributed by atoms with Gasteiger partial charge in [0.25, 0.3) is 0 Å². The van der Waals surface area contributed by atoms with Gasteiger partial charge in [0.15, 0.2) is 12.0 Å². The second kappa shape index (κ2) is 1.77. The summed E-state index contributed by atoms with van der Waals surface area (Å²) in [7, 11) is 0. The molecule has 0 aromatic carbocycles. The number of hydroxylamine groups is 2. The Labute approximate surface area is 46.4 Å². The van der Waals surface area contributed by atoms with Crippen LogP contribution < -0.4 is 5.32 Å². The Kier molecular flexibility index (Phi) is 1.24. The molecule has 1 atom stereocenters. The molecule has 1 rings (SSSR count). The summed E-state index contributed by atoms with van der Waals surface area (Å²) in [6.45, 7) is 0.988. The van der Waals surface area contributed by atoms with Crippen molar-refractivity contribution in [2.24, 2.45) is 5.29 Å². The van der Waals surface area contributed by atoms with Crippen molar-refractivity contribution in [3.63, 3.8) is 0 Å². The number of rotatable bonds is 1. The number of quaternary nitrogens is 1. The highest BCUT2D eigenvalue weighted by Gasteiger charge is 2.23. The molecular weight excluding hydrogens is 110 g/mol. The van der Waals surface area contributed by atoms with Gasteiger partial charge in [-0.25, -0.2) is 0 Å². The Morgan fingerprint density at radius 3 is 2.75 bits per heavy atom. The van der Waals surface area contributed by atoms with E-state index in [0.29, 0.717) is 6.54 Å². The van der Waals surface area contributed by atoms with Crippen LogP contribution in [-0.2, 0) is 0 Å². The Bertz CT molecular complexity index is 98.7. The number of nitroso groups, excluding NO2 is 1. The molecule has 0 bridgehead atoms. The molecule has 5 nitrogen and oxygen atoms in total. The third-order valence-corrected chi connectivity index (χ3v) is 1.15. The van der Waals surface area contributed by atoms with E-state index in [1.807, 2.05) is 0 Å². The van der Waals surface area contributed by atoms with Crippen molar-refractivity contribution >= 4 is 0 Å². The minimum atomic E-state index is -0.972. The maximum Gasteiger partial charge on any atom is 0.159 e. The third-order valence-electron chi connectivity index (χ3n) is 1.15. The number of nitrogens with zero attached hydrogens (tertiary/aromatic N) is 2. The zero-order valence-corrected chi connectivity index (χ0v) is 4.33. The highest BCUT2D eigenvalue weighted by molar-refractivity contribution is 4.50. The average molecular weight is 117 g/mol. The fraction of sp³-hybridized carbons (Fsp3) is 1.00. The van der Waals surface area contributed by atoms with Crippen LogP contribution in [0.1, 0.15) is 0 Å². The van der Waals surface area contributed by atoms with Crippen LogP contribution in [-0.4, -0.2) is 24.5 Å². The zero-order chi connectivity index (χ0) is 6.04. The molecule has 1 aliphatic heterocycles. The van der Waals surface area contributed by atoms with Crippen LogP contribution in [0.15, 0.2) is 5.29 Å². The standard InChI is InChI=1S/C3H7N3O2/c7-5-6(8)2-1-4-3-6/h4H,1-3H2. The van der Waals surface area contributed by atoms with E-state index in [9.17, 15) is 10.1 Å². The van der Waals surface area contributed by atoms with Crippen LogP contribution in [0.4, 0.5) is 0 Å². The Balaban J connectivity index is 2.52. The lowest BCUT2D eigenvalue weighted by molar-refractivity contribution is -0.877. The van der Waals surface area contributed by atoms with Crippen LogP contribution in [0.3, 0.4) is 0 Å². The minimum Gasteiger partial charge on any atom is -0.601 e. The molecule has 0 aliphatic carbocycles. The summed E-state index contributed by atoms with van der Waals surface area (Å²) in [6, 6.07) is 0. The molecule has 0 saturated carbocycles. The maximum atomic E-state index is 10.7. The highest BCUT2D eigenvalue weighted by atomic mass is 16.6. The van der Waals surface area contributed by atoms with E-state index >= 15 is 0 Å². The van der Waals surface area contributed by atoms with Gasteiger partial charge >= 0.3 is 0 Å². The zero-order valence-electron chi connectivity index (χ0n) is 4.33. The van der Waals surface area contributed by atoms with Crippen molar-refractivity contribution in [2.75, 3.05) is 19.8 Å². The first-order valence-electron chi connectivity index (χ1n) is 2.40. The fourth-order valence-electron chi connectivity index (χ4n) is 0.656. The lowest BCUT2D eigenvalue weighted by atomic mass is 10.7. The van der Waals surface area contributed by atoms with Gasteiger partial charge in [-0.1, -0.05) is 4.91 Å². The largest absolute Gasteiger partial charge is 0.601 e. The first kappa shape index (κ1) is 5.61. The van der Waals surface area contributed by atoms with Gasteiger partial charge in [-0.2, -0.15) is 4.76 Å². The van der Waals surface area contributed by atoms with E-state index in [2.05, 4.69) is 10.6 Å². The van der Waals surface area contributed by atoms with E-state index in [1.54, 1.807) is 0 Å². The van der Waals surface area contributed by atoms with Crippen LogP contribution in [0.25, 0.3) is 0 Å². The summed E-state index contributed by atoms with van der Waals surface area (Å²) in [5.41, 5.74) is 0. The van der Waals surface area contributed by atoms with Gasteiger partial charge in [0.1, 0.15) is 6.54 Å². The van der Waals surface area contributed by atoms with E-state index in [0.717, 1.165) is 0 Å². The summed E-state index contributed by atoms with van der Waals surface area (Å²) < 4.78 is -0.972. The molecule has 0 radical (unpaired) electrons.